The second-order valence-electron chi connectivity index (χ2n) is 7.97. The largest absolute Gasteiger partial charge is 0.497 e. The van der Waals surface area contributed by atoms with Crippen LogP contribution in [0.1, 0.15) is 6.92 Å². The fourth-order valence-corrected chi connectivity index (χ4v) is 4.95. The molecule has 5 rings (SSSR count). The number of thioether (sulfide) groups is 1. The molecule has 0 radical (unpaired) electrons. The maximum absolute atomic E-state index is 13.5. The molecule has 0 N–H and O–H groups in total. The highest BCUT2D eigenvalue weighted by molar-refractivity contribution is 8.00. The highest BCUT2D eigenvalue weighted by Crippen LogP contribution is 2.28. The van der Waals surface area contributed by atoms with Crippen molar-refractivity contribution in [2.24, 2.45) is 0 Å². The first kappa shape index (κ1) is 22.7. The summed E-state index contributed by atoms with van der Waals surface area (Å²) in [6.45, 7) is 1.84. The second kappa shape index (κ2) is 9.27. The molecule has 0 saturated heterocycles. The van der Waals surface area contributed by atoms with Crippen LogP contribution in [0.25, 0.3) is 22.4 Å². The zero-order valence-electron chi connectivity index (χ0n) is 19.5. The van der Waals surface area contributed by atoms with Crippen molar-refractivity contribution in [1.29, 1.82) is 0 Å². The van der Waals surface area contributed by atoms with Gasteiger partial charge in [0.1, 0.15) is 5.75 Å². The average molecular weight is 486 g/mol. The summed E-state index contributed by atoms with van der Waals surface area (Å²) in [7, 11) is 3.33. The van der Waals surface area contributed by atoms with Gasteiger partial charge in [0.15, 0.2) is 5.16 Å². The summed E-state index contributed by atoms with van der Waals surface area (Å²) in [4.78, 5) is 28.3. The summed E-state index contributed by atoms with van der Waals surface area (Å²) in [5.74, 6) is 0.918. The Morgan fingerprint density at radius 3 is 2.51 bits per heavy atom. The third kappa shape index (κ3) is 4.04. The van der Waals surface area contributed by atoms with Crippen LogP contribution in [0, 0.1) is 0 Å². The van der Waals surface area contributed by atoms with Gasteiger partial charge in [-0.25, -0.2) is 4.57 Å². The molecule has 0 aliphatic carbocycles. The molecule has 3 aromatic carbocycles. The van der Waals surface area contributed by atoms with E-state index in [9.17, 15) is 9.59 Å². The summed E-state index contributed by atoms with van der Waals surface area (Å²) in [5, 5.41) is 9.35. The van der Waals surface area contributed by atoms with Gasteiger partial charge in [-0.3, -0.25) is 14.0 Å². The monoisotopic (exact) mass is 485 g/mol. The summed E-state index contributed by atoms with van der Waals surface area (Å²) in [6, 6.07) is 24.0. The topological polar surface area (TPSA) is 81.7 Å². The third-order valence-electron chi connectivity index (χ3n) is 5.81. The molecular formula is C26H23N5O3S. The van der Waals surface area contributed by atoms with Crippen LogP contribution >= 0.6 is 11.8 Å². The number of anilines is 1. The van der Waals surface area contributed by atoms with E-state index in [4.69, 9.17) is 4.74 Å². The zero-order valence-corrected chi connectivity index (χ0v) is 20.3. The molecular weight excluding hydrogens is 462 g/mol. The minimum atomic E-state index is -0.441. The van der Waals surface area contributed by atoms with Gasteiger partial charge in [0.2, 0.25) is 11.7 Å². The van der Waals surface area contributed by atoms with Gasteiger partial charge >= 0.3 is 0 Å². The Kier molecular flexibility index (Phi) is 6.00. The lowest BCUT2D eigenvalue weighted by atomic mass is 10.2. The van der Waals surface area contributed by atoms with Gasteiger partial charge in [-0.1, -0.05) is 48.2 Å². The Morgan fingerprint density at radius 2 is 1.74 bits per heavy atom. The van der Waals surface area contributed by atoms with Gasteiger partial charge in [0.05, 0.1) is 29.0 Å². The quantitative estimate of drug-likeness (QED) is 0.336. The van der Waals surface area contributed by atoms with E-state index < -0.39 is 5.25 Å². The van der Waals surface area contributed by atoms with Crippen molar-refractivity contribution in [3.8, 4) is 11.4 Å². The first-order chi connectivity index (χ1) is 17.0. The van der Waals surface area contributed by atoms with Gasteiger partial charge in [0, 0.05) is 18.8 Å². The Hall–Kier alpha value is -4.11. The number of carbonyl (C=O) groups is 1. The molecule has 1 atom stereocenters. The number of benzene rings is 3. The standard InChI is InChI=1S/C26H23N5O3S/c1-17(23(32)29(2)18-10-5-4-6-11-18)35-26-28-27-25-30(19-12-9-13-20(16-19)34-3)24(33)21-14-7-8-15-22(21)31(25)26/h4-17H,1-3H3. The Labute approximate surface area is 205 Å². The highest BCUT2D eigenvalue weighted by Gasteiger charge is 2.24. The van der Waals surface area contributed by atoms with E-state index in [1.807, 2.05) is 78.1 Å². The van der Waals surface area contributed by atoms with E-state index in [1.165, 1.54) is 16.3 Å². The van der Waals surface area contributed by atoms with Gasteiger partial charge in [0.25, 0.3) is 5.56 Å². The van der Waals surface area contributed by atoms with E-state index in [1.54, 1.807) is 31.2 Å². The van der Waals surface area contributed by atoms with Crippen molar-refractivity contribution >= 4 is 40.0 Å². The Morgan fingerprint density at radius 1 is 1.00 bits per heavy atom. The second-order valence-corrected chi connectivity index (χ2v) is 9.28. The molecule has 2 aromatic heterocycles. The molecule has 176 valence electrons. The Balaban J connectivity index is 1.62. The molecule has 2 heterocycles. The predicted molar refractivity (Wildman–Crippen MR) is 138 cm³/mol. The number of nitrogens with zero attached hydrogens (tertiary/aromatic N) is 5. The highest BCUT2D eigenvalue weighted by atomic mass is 32.2. The molecule has 35 heavy (non-hydrogen) atoms. The minimum Gasteiger partial charge on any atom is -0.497 e. The van der Waals surface area contributed by atoms with Crippen LogP contribution in [-0.2, 0) is 4.79 Å². The molecule has 1 amide bonds. The summed E-state index contributed by atoms with van der Waals surface area (Å²) >= 11 is 1.30. The van der Waals surface area contributed by atoms with Crippen LogP contribution in [0.5, 0.6) is 5.75 Å². The molecule has 0 aliphatic heterocycles. The maximum atomic E-state index is 13.5. The number of rotatable bonds is 6. The summed E-state index contributed by atoms with van der Waals surface area (Å²) in [5.41, 5.74) is 1.89. The number of carbonyl (C=O) groups excluding carboxylic acids is 1. The normalized spacial score (nSPS) is 12.1. The van der Waals surface area contributed by atoms with Gasteiger partial charge in [-0.15, -0.1) is 10.2 Å². The predicted octanol–water partition coefficient (Wildman–Crippen LogP) is 4.19. The van der Waals surface area contributed by atoms with Crippen molar-refractivity contribution in [3.05, 3.63) is 89.2 Å². The number of ether oxygens (including phenoxy) is 1. The fourth-order valence-electron chi connectivity index (χ4n) is 4.00. The fraction of sp³-hybridized carbons (Fsp3) is 0.154. The SMILES string of the molecule is COc1cccc(-n2c(=O)c3ccccc3n3c(SC(C)C(=O)N(C)c4ccccc4)nnc23)c1. The molecule has 0 spiro atoms. The molecule has 0 fully saturated rings. The van der Waals surface area contributed by atoms with Crippen molar-refractivity contribution < 1.29 is 9.53 Å². The molecule has 1 unspecified atom stereocenters. The number of fused-ring (bicyclic) bond motifs is 3. The number of amides is 1. The van der Waals surface area contributed by atoms with E-state index in [0.29, 0.717) is 33.3 Å². The van der Waals surface area contributed by atoms with E-state index in [-0.39, 0.29) is 11.5 Å². The first-order valence-electron chi connectivity index (χ1n) is 11.0. The van der Waals surface area contributed by atoms with E-state index in [0.717, 1.165) is 5.69 Å². The summed E-state index contributed by atoms with van der Waals surface area (Å²) < 4.78 is 8.70. The van der Waals surface area contributed by atoms with Crippen LogP contribution in [0.3, 0.4) is 0 Å². The molecule has 0 bridgehead atoms. The average Bonchev–Trinajstić information content (AvgIpc) is 3.31. The van der Waals surface area contributed by atoms with E-state index >= 15 is 0 Å². The van der Waals surface area contributed by atoms with Crippen molar-refractivity contribution in [3.63, 3.8) is 0 Å². The number of methoxy groups -OCH3 is 1. The minimum absolute atomic E-state index is 0.0663. The molecule has 5 aromatic rings. The van der Waals surface area contributed by atoms with E-state index in [2.05, 4.69) is 10.2 Å². The van der Waals surface area contributed by atoms with Crippen molar-refractivity contribution in [2.75, 3.05) is 19.1 Å². The van der Waals surface area contributed by atoms with Crippen LogP contribution < -0.4 is 15.2 Å². The third-order valence-corrected chi connectivity index (χ3v) is 6.84. The van der Waals surface area contributed by atoms with Crippen LogP contribution in [0.2, 0.25) is 0 Å². The first-order valence-corrected chi connectivity index (χ1v) is 11.9. The van der Waals surface area contributed by atoms with Gasteiger partial charge in [-0.05, 0) is 43.3 Å². The smallest absolute Gasteiger partial charge is 0.267 e. The molecule has 0 aliphatic rings. The summed E-state index contributed by atoms with van der Waals surface area (Å²) in [6.07, 6.45) is 0. The van der Waals surface area contributed by atoms with Crippen LogP contribution in [-0.4, -0.2) is 44.5 Å². The lowest BCUT2D eigenvalue weighted by molar-refractivity contribution is -0.117. The number of hydrogen-bond donors (Lipinski definition) is 0. The van der Waals surface area contributed by atoms with Gasteiger partial charge in [-0.2, -0.15) is 0 Å². The van der Waals surface area contributed by atoms with Gasteiger partial charge < -0.3 is 9.64 Å². The molecule has 9 heteroatoms. The number of hydrogen-bond acceptors (Lipinski definition) is 6. The maximum Gasteiger partial charge on any atom is 0.267 e. The Bertz CT molecular complexity index is 1600. The molecule has 0 saturated carbocycles. The van der Waals surface area contributed by atoms with Crippen molar-refractivity contribution in [1.82, 2.24) is 19.2 Å². The number of aromatic nitrogens is 4. The number of para-hydroxylation sites is 2. The van der Waals surface area contributed by atoms with Crippen molar-refractivity contribution in [2.45, 2.75) is 17.3 Å². The van der Waals surface area contributed by atoms with Crippen LogP contribution in [0.4, 0.5) is 5.69 Å². The lowest BCUT2D eigenvalue weighted by Gasteiger charge is -2.21. The van der Waals surface area contributed by atoms with Crippen LogP contribution in [0.15, 0.2) is 88.8 Å². The molecule has 8 nitrogen and oxygen atoms in total. The lowest BCUT2D eigenvalue weighted by Crippen LogP contribution is -2.33. The zero-order chi connectivity index (χ0) is 24.5.